The lowest BCUT2D eigenvalue weighted by molar-refractivity contribution is 0.344. The lowest BCUT2D eigenvalue weighted by atomic mass is 9.95. The van der Waals surface area contributed by atoms with Crippen LogP contribution < -0.4 is 10.2 Å². The minimum atomic E-state index is -0.413. The molecule has 32 heavy (non-hydrogen) atoms. The molecule has 1 aromatic carbocycles. The van der Waals surface area contributed by atoms with Gasteiger partial charge in [0, 0.05) is 42.5 Å². The average Bonchev–Trinajstić information content (AvgIpc) is 3.45. The number of benzene rings is 1. The van der Waals surface area contributed by atoms with Gasteiger partial charge < -0.3 is 15.3 Å². The molecule has 5 rings (SSSR count). The van der Waals surface area contributed by atoms with Crippen LogP contribution in [0.1, 0.15) is 43.5 Å². The van der Waals surface area contributed by atoms with Crippen LogP contribution in [0.4, 0.5) is 10.2 Å². The van der Waals surface area contributed by atoms with Gasteiger partial charge in [-0.25, -0.2) is 9.37 Å². The lowest BCUT2D eigenvalue weighted by Crippen LogP contribution is -2.41. The van der Waals surface area contributed by atoms with Crippen LogP contribution in [0.5, 0.6) is 5.75 Å². The van der Waals surface area contributed by atoms with Gasteiger partial charge in [-0.1, -0.05) is 19.3 Å². The van der Waals surface area contributed by atoms with E-state index < -0.39 is 5.82 Å². The average molecular weight is 454 g/mol. The van der Waals surface area contributed by atoms with Crippen molar-refractivity contribution in [3.8, 4) is 27.4 Å². The summed E-state index contributed by atoms with van der Waals surface area (Å²) in [5, 5.41) is 23.9. The molecule has 3 aromatic rings. The van der Waals surface area contributed by atoms with Crippen molar-refractivity contribution in [3.05, 3.63) is 41.3 Å². The number of thiazole rings is 1. The first-order valence-electron chi connectivity index (χ1n) is 11.4. The van der Waals surface area contributed by atoms with Gasteiger partial charge in [0.15, 0.2) is 5.82 Å². The van der Waals surface area contributed by atoms with Gasteiger partial charge in [-0.15, -0.1) is 21.5 Å². The molecule has 2 aromatic heterocycles. The molecule has 1 saturated heterocycles. The van der Waals surface area contributed by atoms with E-state index in [0.29, 0.717) is 33.8 Å². The van der Waals surface area contributed by atoms with Gasteiger partial charge in [0.2, 0.25) is 0 Å². The third-order valence-corrected chi connectivity index (χ3v) is 7.43. The van der Waals surface area contributed by atoms with E-state index in [0.717, 1.165) is 30.3 Å². The Morgan fingerprint density at radius 1 is 1.06 bits per heavy atom. The number of aromatic nitrogens is 3. The number of aryl methyl sites for hydroxylation is 1. The summed E-state index contributed by atoms with van der Waals surface area (Å²) in [4.78, 5) is 7.10. The summed E-state index contributed by atoms with van der Waals surface area (Å²) in [6.07, 6.45) is 9.32. The number of halogens is 1. The fourth-order valence-electron chi connectivity index (χ4n) is 4.79. The Kier molecular flexibility index (Phi) is 6.06. The fraction of sp³-hybridized carbons (Fsp3) is 0.458. The highest BCUT2D eigenvalue weighted by atomic mass is 32.1. The topological polar surface area (TPSA) is 74.2 Å². The lowest BCUT2D eigenvalue weighted by Gasteiger charge is -2.26. The molecule has 1 aliphatic carbocycles. The normalized spacial score (nSPS) is 19.6. The summed E-state index contributed by atoms with van der Waals surface area (Å²) >= 11 is 1.39. The SMILES string of the molecule is Cc1ncc(-c2cc(O)c(-c3ccc(N4CCC(NC5CCCCC5)C4)nn3)cc2F)s1. The molecule has 0 amide bonds. The Hall–Kier alpha value is -2.58. The summed E-state index contributed by atoms with van der Waals surface area (Å²) in [5.41, 5.74) is 1.13. The zero-order chi connectivity index (χ0) is 22.1. The van der Waals surface area contributed by atoms with Crippen molar-refractivity contribution in [2.24, 2.45) is 0 Å². The van der Waals surface area contributed by atoms with E-state index in [1.54, 1.807) is 12.3 Å². The highest BCUT2D eigenvalue weighted by molar-refractivity contribution is 7.15. The summed E-state index contributed by atoms with van der Waals surface area (Å²) in [6, 6.07) is 7.61. The van der Waals surface area contributed by atoms with Crippen molar-refractivity contribution in [3.63, 3.8) is 0 Å². The van der Waals surface area contributed by atoms with Crippen LogP contribution in [-0.4, -0.2) is 45.5 Å². The molecule has 2 aliphatic rings. The number of nitrogens with zero attached hydrogens (tertiary/aromatic N) is 4. The third kappa shape index (κ3) is 4.47. The number of phenolic OH excluding ortho intramolecular Hbond substituents is 1. The van der Waals surface area contributed by atoms with Gasteiger partial charge >= 0.3 is 0 Å². The summed E-state index contributed by atoms with van der Waals surface area (Å²) in [5.74, 6) is 0.384. The second-order valence-electron chi connectivity index (χ2n) is 8.80. The molecular weight excluding hydrogens is 425 g/mol. The minimum Gasteiger partial charge on any atom is -0.507 e. The van der Waals surface area contributed by atoms with Crippen molar-refractivity contribution in [1.82, 2.24) is 20.5 Å². The number of rotatable bonds is 5. The molecule has 0 radical (unpaired) electrons. The molecule has 1 saturated carbocycles. The largest absolute Gasteiger partial charge is 0.507 e. The Bertz CT molecular complexity index is 1080. The van der Waals surface area contributed by atoms with Gasteiger partial charge in [0.1, 0.15) is 11.6 Å². The van der Waals surface area contributed by atoms with Crippen molar-refractivity contribution < 1.29 is 9.50 Å². The fourth-order valence-corrected chi connectivity index (χ4v) is 5.58. The molecule has 1 unspecified atom stereocenters. The minimum absolute atomic E-state index is 0.0209. The molecule has 2 fully saturated rings. The standard InChI is InChI=1S/C24H28FN5OS/c1-15-26-13-23(32-15)18-12-22(31)19(11-20(18)25)21-7-8-24(29-28-21)30-10-9-17(14-30)27-16-5-3-2-4-6-16/h7-8,11-13,16-17,27,31H,2-6,9-10,14H2,1H3. The number of hydrogen-bond donors (Lipinski definition) is 2. The van der Waals surface area contributed by atoms with Crippen LogP contribution in [0.25, 0.3) is 21.7 Å². The van der Waals surface area contributed by atoms with Gasteiger partial charge in [0.05, 0.1) is 15.6 Å². The van der Waals surface area contributed by atoms with Crippen molar-refractivity contribution in [2.75, 3.05) is 18.0 Å². The predicted octanol–water partition coefficient (Wildman–Crippen LogP) is 4.92. The maximum absolute atomic E-state index is 14.8. The zero-order valence-corrected chi connectivity index (χ0v) is 19.0. The molecule has 2 N–H and O–H groups in total. The molecule has 8 heteroatoms. The Morgan fingerprint density at radius 3 is 2.62 bits per heavy atom. The predicted molar refractivity (Wildman–Crippen MR) is 126 cm³/mol. The number of anilines is 1. The summed E-state index contributed by atoms with van der Waals surface area (Å²) < 4.78 is 14.8. The van der Waals surface area contributed by atoms with Crippen LogP contribution in [0, 0.1) is 12.7 Å². The van der Waals surface area contributed by atoms with Gasteiger partial charge in [-0.2, -0.15) is 0 Å². The van der Waals surface area contributed by atoms with E-state index in [9.17, 15) is 9.50 Å². The van der Waals surface area contributed by atoms with Crippen molar-refractivity contribution >= 4 is 17.2 Å². The van der Waals surface area contributed by atoms with Crippen LogP contribution in [0.3, 0.4) is 0 Å². The Labute approximate surface area is 191 Å². The van der Waals surface area contributed by atoms with E-state index in [1.165, 1.54) is 55.6 Å². The van der Waals surface area contributed by atoms with Crippen LogP contribution in [-0.2, 0) is 0 Å². The van der Waals surface area contributed by atoms with E-state index >= 15 is 0 Å². The van der Waals surface area contributed by atoms with E-state index in [4.69, 9.17) is 0 Å². The van der Waals surface area contributed by atoms with E-state index in [1.807, 2.05) is 13.0 Å². The van der Waals surface area contributed by atoms with Crippen LogP contribution >= 0.6 is 11.3 Å². The molecular formula is C24H28FN5OS. The first kappa shape index (κ1) is 21.3. The molecule has 3 heterocycles. The van der Waals surface area contributed by atoms with E-state index in [2.05, 4.69) is 25.4 Å². The highest BCUT2D eigenvalue weighted by Gasteiger charge is 2.26. The van der Waals surface area contributed by atoms with Gasteiger partial charge in [-0.3, -0.25) is 0 Å². The molecule has 6 nitrogen and oxygen atoms in total. The van der Waals surface area contributed by atoms with Gasteiger partial charge in [0.25, 0.3) is 0 Å². The monoisotopic (exact) mass is 453 g/mol. The quantitative estimate of drug-likeness (QED) is 0.571. The number of aromatic hydroxyl groups is 1. The zero-order valence-electron chi connectivity index (χ0n) is 18.2. The molecule has 0 spiro atoms. The smallest absolute Gasteiger partial charge is 0.151 e. The second kappa shape index (κ2) is 9.11. The molecule has 1 atom stereocenters. The van der Waals surface area contributed by atoms with Crippen LogP contribution in [0.15, 0.2) is 30.5 Å². The van der Waals surface area contributed by atoms with Crippen molar-refractivity contribution in [2.45, 2.75) is 57.5 Å². The first-order chi connectivity index (χ1) is 15.6. The summed E-state index contributed by atoms with van der Waals surface area (Å²) in [7, 11) is 0. The molecule has 1 aliphatic heterocycles. The van der Waals surface area contributed by atoms with Crippen molar-refractivity contribution in [1.29, 1.82) is 0 Å². The highest BCUT2D eigenvalue weighted by Crippen LogP contribution is 2.37. The first-order valence-corrected chi connectivity index (χ1v) is 12.2. The molecule has 168 valence electrons. The summed E-state index contributed by atoms with van der Waals surface area (Å²) in [6.45, 7) is 3.74. The Balaban J connectivity index is 1.28. The number of nitrogens with one attached hydrogen (secondary N) is 1. The van der Waals surface area contributed by atoms with E-state index in [-0.39, 0.29) is 5.75 Å². The Morgan fingerprint density at radius 2 is 1.91 bits per heavy atom. The maximum atomic E-state index is 14.8. The third-order valence-electron chi connectivity index (χ3n) is 6.49. The van der Waals surface area contributed by atoms with Crippen LogP contribution in [0.2, 0.25) is 0 Å². The maximum Gasteiger partial charge on any atom is 0.151 e. The number of phenols is 1. The molecule has 0 bridgehead atoms. The van der Waals surface area contributed by atoms with Gasteiger partial charge in [-0.05, 0) is 50.5 Å². The second-order valence-corrected chi connectivity index (χ2v) is 10.0. The number of hydrogen-bond acceptors (Lipinski definition) is 7.